The molecule has 0 spiro atoms. The number of nitrogens with zero attached hydrogens (tertiary/aromatic N) is 4. The van der Waals surface area contributed by atoms with Gasteiger partial charge in [0.25, 0.3) is 5.91 Å². The second kappa shape index (κ2) is 6.03. The molecule has 0 N–H and O–H groups in total. The first-order valence-electron chi connectivity index (χ1n) is 8.09. The van der Waals surface area contributed by atoms with Gasteiger partial charge >= 0.3 is 0 Å². The molecule has 6 heteroatoms. The van der Waals surface area contributed by atoms with E-state index in [2.05, 4.69) is 10.1 Å². The number of likely N-dealkylation sites (tertiary alicyclic amines) is 1. The van der Waals surface area contributed by atoms with Crippen molar-refractivity contribution in [2.45, 2.75) is 25.3 Å². The first-order valence-corrected chi connectivity index (χ1v) is 8.09. The maximum atomic E-state index is 13.2. The van der Waals surface area contributed by atoms with Crippen molar-refractivity contribution in [1.29, 1.82) is 0 Å². The third-order valence-electron chi connectivity index (χ3n) is 4.53. The van der Waals surface area contributed by atoms with Gasteiger partial charge < -0.3 is 4.90 Å². The molecule has 1 aromatic carbocycles. The molecule has 1 unspecified atom stereocenters. The van der Waals surface area contributed by atoms with Gasteiger partial charge in [-0.25, -0.2) is 13.9 Å². The molecule has 1 fully saturated rings. The maximum Gasteiger partial charge on any atom is 0.259 e. The van der Waals surface area contributed by atoms with E-state index in [1.54, 1.807) is 41.3 Å². The monoisotopic (exact) mass is 324 g/mol. The lowest BCUT2D eigenvalue weighted by Crippen LogP contribution is -2.38. The molecule has 1 atom stereocenters. The Morgan fingerprint density at radius 3 is 2.88 bits per heavy atom. The number of fused-ring (bicyclic) bond motifs is 1. The number of hydrogen-bond donors (Lipinski definition) is 0. The first kappa shape index (κ1) is 14.8. The summed E-state index contributed by atoms with van der Waals surface area (Å²) in [4.78, 5) is 19.2. The summed E-state index contributed by atoms with van der Waals surface area (Å²) in [5.74, 6) is -0.336. The molecule has 24 heavy (non-hydrogen) atoms. The molecular weight excluding hydrogens is 307 g/mol. The first-order chi connectivity index (χ1) is 11.7. The molecular formula is C18H17FN4O. The van der Waals surface area contributed by atoms with E-state index in [4.69, 9.17) is 0 Å². The van der Waals surface area contributed by atoms with Gasteiger partial charge in [0.15, 0.2) is 5.65 Å². The Morgan fingerprint density at radius 2 is 2.04 bits per heavy atom. The molecule has 0 saturated carbocycles. The fourth-order valence-electron chi connectivity index (χ4n) is 3.34. The fraction of sp³-hybridized carbons (Fsp3) is 0.278. The van der Waals surface area contributed by atoms with Gasteiger partial charge in [-0.1, -0.05) is 12.1 Å². The van der Waals surface area contributed by atoms with Crippen LogP contribution in [0.15, 0.2) is 48.9 Å². The minimum absolute atomic E-state index is 0.0366. The zero-order valence-electron chi connectivity index (χ0n) is 13.1. The van der Waals surface area contributed by atoms with Crippen LogP contribution in [0.3, 0.4) is 0 Å². The highest BCUT2D eigenvalue weighted by Crippen LogP contribution is 2.32. The fourth-order valence-corrected chi connectivity index (χ4v) is 3.34. The average Bonchev–Trinajstić information content (AvgIpc) is 3.06. The van der Waals surface area contributed by atoms with Crippen molar-refractivity contribution in [1.82, 2.24) is 19.5 Å². The van der Waals surface area contributed by atoms with E-state index < -0.39 is 0 Å². The zero-order valence-corrected chi connectivity index (χ0v) is 13.1. The van der Waals surface area contributed by atoms with Crippen LogP contribution in [0.4, 0.5) is 4.39 Å². The molecule has 3 aromatic rings. The number of hydrogen-bond acceptors (Lipinski definition) is 3. The van der Waals surface area contributed by atoms with E-state index in [-0.39, 0.29) is 17.8 Å². The standard InChI is InChI=1S/C18H17FN4O/c19-14-7-5-13(6-8-14)16-4-1-2-10-22(16)18(24)15-12-21-23-11-3-9-20-17(15)23/h3,5-9,11-12,16H,1-2,4,10H2. The predicted molar refractivity (Wildman–Crippen MR) is 87.0 cm³/mol. The largest absolute Gasteiger partial charge is 0.331 e. The van der Waals surface area contributed by atoms with E-state index in [0.29, 0.717) is 17.8 Å². The Hall–Kier alpha value is -2.76. The van der Waals surface area contributed by atoms with E-state index in [1.165, 1.54) is 12.1 Å². The van der Waals surface area contributed by atoms with Gasteiger partial charge in [0.2, 0.25) is 0 Å². The predicted octanol–water partition coefficient (Wildman–Crippen LogP) is 3.24. The summed E-state index contributed by atoms with van der Waals surface area (Å²) in [5.41, 5.74) is 2.03. The van der Waals surface area contributed by atoms with E-state index >= 15 is 0 Å². The topological polar surface area (TPSA) is 50.5 Å². The van der Waals surface area contributed by atoms with Gasteiger partial charge in [-0.2, -0.15) is 5.10 Å². The molecule has 4 rings (SSSR count). The van der Waals surface area contributed by atoms with Gasteiger partial charge in [0.05, 0.1) is 12.2 Å². The maximum absolute atomic E-state index is 13.2. The van der Waals surface area contributed by atoms with Gasteiger partial charge in [0, 0.05) is 18.9 Å². The molecule has 0 radical (unpaired) electrons. The molecule has 1 amide bonds. The summed E-state index contributed by atoms with van der Waals surface area (Å²) in [6, 6.07) is 8.16. The summed E-state index contributed by atoms with van der Waals surface area (Å²) in [7, 11) is 0. The summed E-state index contributed by atoms with van der Waals surface area (Å²) < 4.78 is 14.8. The van der Waals surface area contributed by atoms with Crippen LogP contribution in [0.25, 0.3) is 5.65 Å². The summed E-state index contributed by atoms with van der Waals surface area (Å²) in [6.07, 6.45) is 7.90. The van der Waals surface area contributed by atoms with Crippen molar-refractivity contribution in [3.05, 3.63) is 65.9 Å². The van der Waals surface area contributed by atoms with Crippen LogP contribution < -0.4 is 0 Å². The van der Waals surface area contributed by atoms with Gasteiger partial charge in [-0.05, 0) is 43.0 Å². The molecule has 1 aliphatic heterocycles. The molecule has 1 saturated heterocycles. The van der Waals surface area contributed by atoms with E-state index in [0.717, 1.165) is 24.8 Å². The van der Waals surface area contributed by atoms with Crippen LogP contribution >= 0.6 is 0 Å². The van der Waals surface area contributed by atoms with Crippen LogP contribution in [0.1, 0.15) is 41.2 Å². The van der Waals surface area contributed by atoms with Crippen molar-refractivity contribution < 1.29 is 9.18 Å². The number of aromatic nitrogens is 3. The Labute approximate surface area is 138 Å². The highest BCUT2D eigenvalue weighted by Gasteiger charge is 2.30. The Morgan fingerprint density at radius 1 is 1.21 bits per heavy atom. The number of carbonyl (C=O) groups is 1. The lowest BCUT2D eigenvalue weighted by molar-refractivity contribution is 0.0613. The molecule has 1 aliphatic rings. The summed E-state index contributed by atoms with van der Waals surface area (Å²) >= 11 is 0. The van der Waals surface area contributed by atoms with Gasteiger partial charge in [0.1, 0.15) is 11.4 Å². The van der Waals surface area contributed by atoms with Crippen molar-refractivity contribution in [2.75, 3.05) is 6.54 Å². The number of rotatable bonds is 2. The number of amides is 1. The normalized spacial score (nSPS) is 18.0. The third-order valence-corrected chi connectivity index (χ3v) is 4.53. The van der Waals surface area contributed by atoms with Crippen molar-refractivity contribution in [3.8, 4) is 0 Å². The average molecular weight is 324 g/mol. The summed E-state index contributed by atoms with van der Waals surface area (Å²) in [6.45, 7) is 0.686. The third kappa shape index (κ3) is 2.54. The van der Waals surface area contributed by atoms with E-state index in [9.17, 15) is 9.18 Å². The smallest absolute Gasteiger partial charge is 0.259 e. The summed E-state index contributed by atoms with van der Waals surface area (Å²) in [5, 5.41) is 4.20. The lowest BCUT2D eigenvalue weighted by atomic mass is 9.94. The van der Waals surface area contributed by atoms with Gasteiger partial charge in [-0.3, -0.25) is 4.79 Å². The number of benzene rings is 1. The zero-order chi connectivity index (χ0) is 16.5. The highest BCUT2D eigenvalue weighted by atomic mass is 19.1. The van der Waals surface area contributed by atoms with Gasteiger partial charge in [-0.15, -0.1) is 0 Å². The Bertz CT molecular complexity index is 874. The van der Waals surface area contributed by atoms with Crippen molar-refractivity contribution >= 4 is 11.6 Å². The van der Waals surface area contributed by atoms with Crippen molar-refractivity contribution in [3.63, 3.8) is 0 Å². The molecule has 0 aliphatic carbocycles. The van der Waals surface area contributed by atoms with Crippen LogP contribution in [0, 0.1) is 5.82 Å². The van der Waals surface area contributed by atoms with Crippen molar-refractivity contribution in [2.24, 2.45) is 0 Å². The molecule has 122 valence electrons. The lowest BCUT2D eigenvalue weighted by Gasteiger charge is -2.36. The molecule has 0 bridgehead atoms. The second-order valence-corrected chi connectivity index (χ2v) is 6.01. The van der Waals surface area contributed by atoms with E-state index in [1.807, 2.05) is 4.90 Å². The Balaban J connectivity index is 1.69. The molecule has 3 heterocycles. The van der Waals surface area contributed by atoms with Crippen LogP contribution in [0.5, 0.6) is 0 Å². The Kier molecular flexibility index (Phi) is 3.72. The second-order valence-electron chi connectivity index (χ2n) is 6.01. The SMILES string of the molecule is O=C(c1cnn2cccnc12)N1CCCCC1c1ccc(F)cc1. The molecule has 2 aromatic heterocycles. The number of halogens is 1. The van der Waals surface area contributed by atoms with Crippen LogP contribution in [-0.2, 0) is 0 Å². The highest BCUT2D eigenvalue weighted by molar-refractivity contribution is 5.99. The minimum atomic E-state index is -0.265. The van der Waals surface area contributed by atoms with Crippen LogP contribution in [-0.4, -0.2) is 31.9 Å². The molecule has 5 nitrogen and oxygen atoms in total. The number of carbonyl (C=O) groups excluding carboxylic acids is 1. The van der Waals surface area contributed by atoms with Crippen LogP contribution in [0.2, 0.25) is 0 Å². The quantitative estimate of drug-likeness (QED) is 0.727. The number of piperidine rings is 1. The minimum Gasteiger partial charge on any atom is -0.331 e.